The standard InChI is InChI=1S/C23H19ClN4O2/c1-3-28-23(30)22(26-18-9-10-19-15(13-18)7-5-11-25-19)20(14(2)29)21(27-28)16-6-4-8-17(24)12-16/h4-13,26H,3H2,1-2H3. The molecule has 0 unspecified atom stereocenters. The largest absolute Gasteiger partial charge is 0.350 e. The number of carbonyl (C=O) groups excluding carboxylic acids is 1. The number of rotatable bonds is 5. The molecule has 150 valence electrons. The van der Waals surface area contributed by atoms with Gasteiger partial charge in [-0.05, 0) is 50.2 Å². The molecule has 2 heterocycles. The number of halogens is 1. The first-order valence-corrected chi connectivity index (χ1v) is 9.89. The molecule has 2 aromatic heterocycles. The van der Waals surface area contributed by atoms with E-state index in [2.05, 4.69) is 15.4 Å². The Morgan fingerprint density at radius 2 is 1.97 bits per heavy atom. The molecule has 0 aliphatic rings. The van der Waals surface area contributed by atoms with Crippen LogP contribution < -0.4 is 10.9 Å². The molecular formula is C23H19ClN4O2. The van der Waals surface area contributed by atoms with Gasteiger partial charge < -0.3 is 5.32 Å². The second-order valence-corrected chi connectivity index (χ2v) is 7.26. The summed E-state index contributed by atoms with van der Waals surface area (Å²) < 4.78 is 1.34. The summed E-state index contributed by atoms with van der Waals surface area (Å²) in [5, 5.41) is 9.05. The van der Waals surface area contributed by atoms with Gasteiger partial charge in [-0.2, -0.15) is 5.10 Å². The number of nitrogens with zero attached hydrogens (tertiary/aromatic N) is 3. The SMILES string of the molecule is CCn1nc(-c2cccc(Cl)c2)c(C(C)=O)c(Nc2ccc3ncccc3c2)c1=O. The van der Waals surface area contributed by atoms with Crippen molar-refractivity contribution in [2.45, 2.75) is 20.4 Å². The van der Waals surface area contributed by atoms with Crippen LogP contribution in [0.1, 0.15) is 24.2 Å². The van der Waals surface area contributed by atoms with Gasteiger partial charge in [-0.25, -0.2) is 4.68 Å². The quantitative estimate of drug-likeness (QED) is 0.457. The van der Waals surface area contributed by atoms with E-state index in [9.17, 15) is 9.59 Å². The van der Waals surface area contributed by atoms with Gasteiger partial charge in [0.05, 0.1) is 11.1 Å². The minimum absolute atomic E-state index is 0.192. The molecule has 0 radical (unpaired) electrons. The number of Topliss-reactive ketones (excluding diaryl/α,β-unsaturated/α-hetero) is 1. The molecule has 4 aromatic rings. The highest BCUT2D eigenvalue weighted by Crippen LogP contribution is 2.29. The molecule has 0 saturated carbocycles. The van der Waals surface area contributed by atoms with Crippen molar-refractivity contribution >= 4 is 39.7 Å². The molecule has 0 bridgehead atoms. The number of fused-ring (bicyclic) bond motifs is 1. The molecule has 0 aliphatic heterocycles. The number of pyridine rings is 1. The molecule has 7 heteroatoms. The first kappa shape index (κ1) is 19.8. The number of benzene rings is 2. The van der Waals surface area contributed by atoms with Crippen LogP contribution in [0.3, 0.4) is 0 Å². The van der Waals surface area contributed by atoms with Gasteiger partial charge in [0.2, 0.25) is 0 Å². The van der Waals surface area contributed by atoms with E-state index in [0.29, 0.717) is 28.5 Å². The fourth-order valence-corrected chi connectivity index (χ4v) is 3.57. The monoisotopic (exact) mass is 418 g/mol. The van der Waals surface area contributed by atoms with Crippen LogP contribution in [0.5, 0.6) is 0 Å². The second-order valence-electron chi connectivity index (χ2n) is 6.82. The number of hydrogen-bond acceptors (Lipinski definition) is 5. The van der Waals surface area contributed by atoms with Gasteiger partial charge in [0, 0.05) is 34.4 Å². The Balaban J connectivity index is 1.94. The normalized spacial score (nSPS) is 10.9. The summed E-state index contributed by atoms with van der Waals surface area (Å²) in [6.07, 6.45) is 1.73. The third-order valence-electron chi connectivity index (χ3n) is 4.78. The summed E-state index contributed by atoms with van der Waals surface area (Å²) in [4.78, 5) is 30.0. The third-order valence-corrected chi connectivity index (χ3v) is 5.01. The lowest BCUT2D eigenvalue weighted by Crippen LogP contribution is -2.28. The van der Waals surface area contributed by atoms with E-state index in [-0.39, 0.29) is 22.6 Å². The van der Waals surface area contributed by atoms with E-state index >= 15 is 0 Å². The minimum atomic E-state index is -0.361. The zero-order chi connectivity index (χ0) is 21.3. The van der Waals surface area contributed by atoms with E-state index in [1.165, 1.54) is 11.6 Å². The van der Waals surface area contributed by atoms with Crippen LogP contribution in [0.4, 0.5) is 11.4 Å². The maximum atomic E-state index is 13.1. The average Bonchev–Trinajstić information content (AvgIpc) is 2.74. The van der Waals surface area contributed by atoms with Gasteiger partial charge in [0.15, 0.2) is 5.78 Å². The molecule has 0 saturated heterocycles. The van der Waals surface area contributed by atoms with Crippen molar-refractivity contribution in [2.24, 2.45) is 0 Å². The molecule has 0 atom stereocenters. The predicted molar refractivity (Wildman–Crippen MR) is 120 cm³/mol. The molecule has 0 aliphatic carbocycles. The lowest BCUT2D eigenvalue weighted by molar-refractivity contribution is 0.101. The molecule has 4 rings (SSSR count). The molecule has 0 fully saturated rings. The average molecular weight is 419 g/mol. The van der Waals surface area contributed by atoms with Crippen LogP contribution in [0.2, 0.25) is 5.02 Å². The number of aryl methyl sites for hydroxylation is 1. The molecule has 30 heavy (non-hydrogen) atoms. The first-order chi connectivity index (χ1) is 14.5. The van der Waals surface area contributed by atoms with Crippen LogP contribution >= 0.6 is 11.6 Å². The van der Waals surface area contributed by atoms with Gasteiger partial charge in [0.25, 0.3) is 5.56 Å². The number of anilines is 2. The highest BCUT2D eigenvalue weighted by atomic mass is 35.5. The Labute approximate surface area is 178 Å². The molecule has 1 N–H and O–H groups in total. The Hall–Kier alpha value is -3.51. The second kappa shape index (κ2) is 8.08. The number of hydrogen-bond donors (Lipinski definition) is 1. The van der Waals surface area contributed by atoms with E-state index in [1.807, 2.05) is 43.3 Å². The van der Waals surface area contributed by atoms with Crippen LogP contribution in [-0.4, -0.2) is 20.5 Å². The Morgan fingerprint density at radius 1 is 1.13 bits per heavy atom. The van der Waals surface area contributed by atoms with Gasteiger partial charge in [-0.15, -0.1) is 0 Å². The first-order valence-electron chi connectivity index (χ1n) is 9.51. The topological polar surface area (TPSA) is 76.9 Å². The highest BCUT2D eigenvalue weighted by molar-refractivity contribution is 6.30. The summed E-state index contributed by atoms with van der Waals surface area (Å²) >= 11 is 6.15. The molecule has 0 amide bonds. The Bertz CT molecular complexity index is 1330. The summed E-state index contributed by atoms with van der Waals surface area (Å²) in [6, 6.07) is 16.4. The molecule has 6 nitrogen and oxygen atoms in total. The third kappa shape index (κ3) is 3.69. The number of carbonyl (C=O) groups is 1. The van der Waals surface area contributed by atoms with Crippen molar-refractivity contribution < 1.29 is 4.79 Å². The van der Waals surface area contributed by atoms with Crippen LogP contribution in [0.25, 0.3) is 22.2 Å². The molecule has 0 spiro atoms. The van der Waals surface area contributed by atoms with Crippen molar-refractivity contribution in [3.05, 3.63) is 81.7 Å². The summed E-state index contributed by atoms with van der Waals surface area (Å²) in [5.41, 5.74) is 2.67. The van der Waals surface area contributed by atoms with Gasteiger partial charge in [-0.3, -0.25) is 14.6 Å². The number of aromatic nitrogens is 3. The smallest absolute Gasteiger partial charge is 0.291 e. The van der Waals surface area contributed by atoms with E-state index in [0.717, 1.165) is 10.9 Å². The van der Waals surface area contributed by atoms with E-state index in [1.54, 1.807) is 24.4 Å². The predicted octanol–water partition coefficient (Wildman–Crippen LogP) is 5.08. The number of ketones is 1. The highest BCUT2D eigenvalue weighted by Gasteiger charge is 2.22. The number of nitrogens with one attached hydrogen (secondary N) is 1. The Kier molecular flexibility index (Phi) is 5.33. The summed E-state index contributed by atoms with van der Waals surface area (Å²) in [6.45, 7) is 3.62. The molecule has 2 aromatic carbocycles. The fraction of sp³-hybridized carbons (Fsp3) is 0.130. The maximum absolute atomic E-state index is 13.1. The molecular weight excluding hydrogens is 400 g/mol. The Morgan fingerprint density at radius 3 is 2.70 bits per heavy atom. The van der Waals surface area contributed by atoms with Crippen molar-refractivity contribution in [3.8, 4) is 11.3 Å². The van der Waals surface area contributed by atoms with E-state index < -0.39 is 0 Å². The van der Waals surface area contributed by atoms with Crippen molar-refractivity contribution in [1.29, 1.82) is 0 Å². The van der Waals surface area contributed by atoms with E-state index in [4.69, 9.17) is 11.6 Å². The summed E-state index contributed by atoms with van der Waals surface area (Å²) in [7, 11) is 0. The zero-order valence-electron chi connectivity index (χ0n) is 16.5. The lowest BCUT2D eigenvalue weighted by atomic mass is 10.0. The maximum Gasteiger partial charge on any atom is 0.291 e. The zero-order valence-corrected chi connectivity index (χ0v) is 17.3. The van der Waals surface area contributed by atoms with Gasteiger partial charge >= 0.3 is 0 Å². The lowest BCUT2D eigenvalue weighted by Gasteiger charge is -2.16. The van der Waals surface area contributed by atoms with Crippen LogP contribution in [0, 0.1) is 0 Å². The van der Waals surface area contributed by atoms with Crippen molar-refractivity contribution in [1.82, 2.24) is 14.8 Å². The van der Waals surface area contributed by atoms with Crippen molar-refractivity contribution in [2.75, 3.05) is 5.32 Å². The van der Waals surface area contributed by atoms with Crippen LogP contribution in [-0.2, 0) is 6.54 Å². The minimum Gasteiger partial charge on any atom is -0.350 e. The van der Waals surface area contributed by atoms with Crippen molar-refractivity contribution in [3.63, 3.8) is 0 Å². The summed E-state index contributed by atoms with van der Waals surface area (Å²) in [5.74, 6) is -0.261. The van der Waals surface area contributed by atoms with Crippen LogP contribution in [0.15, 0.2) is 65.6 Å². The van der Waals surface area contributed by atoms with Gasteiger partial charge in [-0.1, -0.05) is 29.8 Å². The van der Waals surface area contributed by atoms with Gasteiger partial charge in [0.1, 0.15) is 11.4 Å². The fourth-order valence-electron chi connectivity index (χ4n) is 3.38.